The molecule has 0 aliphatic heterocycles. The highest BCUT2D eigenvalue weighted by Crippen LogP contribution is 2.59. The van der Waals surface area contributed by atoms with E-state index in [1.807, 2.05) is 0 Å². The first kappa shape index (κ1) is 23.5. The minimum Gasteiger partial charge on any atom is -0.488 e. The topological polar surface area (TPSA) is 9.23 Å². The summed E-state index contributed by atoms with van der Waals surface area (Å²) in [7, 11) is -1.99. The molecule has 3 heteroatoms. The summed E-state index contributed by atoms with van der Waals surface area (Å²) in [5.74, 6) is 0.947. The van der Waals surface area contributed by atoms with Crippen LogP contribution < -0.4 is 20.7 Å². The molecule has 0 amide bonds. The summed E-state index contributed by atoms with van der Waals surface area (Å²) in [5.41, 5.74) is 2.38. The van der Waals surface area contributed by atoms with Gasteiger partial charge in [0.15, 0.2) is 0 Å². The number of ether oxygens (including phenoxy) is 1. The van der Waals surface area contributed by atoms with Gasteiger partial charge in [0.2, 0.25) is 0 Å². The Hall–Kier alpha value is -3.19. The first-order chi connectivity index (χ1) is 17.3. The van der Waals surface area contributed by atoms with Crippen LogP contribution in [0.2, 0.25) is 0 Å². The van der Waals surface area contributed by atoms with Crippen LogP contribution >= 0.6 is 23.2 Å². The fourth-order valence-electron chi connectivity index (χ4n) is 4.54. The van der Waals surface area contributed by atoms with Gasteiger partial charge in [-0.3, -0.25) is 0 Å². The van der Waals surface area contributed by atoms with E-state index < -0.39 is 7.26 Å². The lowest BCUT2D eigenvalue weighted by molar-refractivity contribution is 0.304. The molecule has 0 N–H and O–H groups in total. The van der Waals surface area contributed by atoms with Crippen LogP contribution in [0.5, 0.6) is 5.75 Å². The zero-order valence-corrected chi connectivity index (χ0v) is 21.9. The number of hydrogen-bond donors (Lipinski definition) is 0. The minimum atomic E-state index is -1.99. The van der Waals surface area contributed by atoms with Crippen molar-refractivity contribution in [1.29, 1.82) is 0 Å². The van der Waals surface area contributed by atoms with Gasteiger partial charge in [0.1, 0.15) is 41.7 Å². The van der Waals surface area contributed by atoms with Crippen LogP contribution in [0.4, 0.5) is 0 Å². The highest BCUT2D eigenvalue weighted by atomic mass is 79.9. The highest BCUT2D eigenvalue weighted by Gasteiger charge is 2.45. The summed E-state index contributed by atoms with van der Waals surface area (Å²) in [6.45, 7) is 0.539. The van der Waals surface area contributed by atoms with Gasteiger partial charge < -0.3 is 4.74 Å². The second kappa shape index (κ2) is 11.0. The van der Waals surface area contributed by atoms with Crippen LogP contribution in [0.25, 0.3) is 0 Å². The van der Waals surface area contributed by atoms with Crippen molar-refractivity contribution >= 4 is 39.1 Å². The minimum absolute atomic E-state index is 0.539. The Morgan fingerprint density at radius 3 is 1.49 bits per heavy atom. The van der Waals surface area contributed by atoms with Gasteiger partial charge >= 0.3 is 0 Å². The Kier molecular flexibility index (Phi) is 7.42. The molecule has 172 valence electrons. The standard InChI is InChI=1S/C32H27BrOP/c33-28-22-20-26(21-23-28)24-34-32-19-11-10-12-27(32)25-35(29-13-4-1-5-14-29,30-15-6-2-7-16-30)31-17-8-3-9-18-31/h1-23H,24-25H2/q+1. The summed E-state index contributed by atoms with van der Waals surface area (Å²) in [6, 6.07) is 49.8. The van der Waals surface area contributed by atoms with Crippen molar-refractivity contribution in [2.45, 2.75) is 12.8 Å². The van der Waals surface area contributed by atoms with Crippen LogP contribution in [0.1, 0.15) is 11.1 Å². The molecule has 0 aliphatic rings. The zero-order chi connectivity index (χ0) is 23.9. The molecule has 0 saturated carbocycles. The van der Waals surface area contributed by atoms with E-state index in [0.717, 1.165) is 21.9 Å². The highest BCUT2D eigenvalue weighted by molar-refractivity contribution is 9.10. The number of halogens is 1. The molecule has 5 aromatic carbocycles. The second-order valence-corrected chi connectivity index (χ2v) is 12.9. The Morgan fingerprint density at radius 2 is 0.971 bits per heavy atom. The lowest BCUT2D eigenvalue weighted by Gasteiger charge is -2.28. The Bertz CT molecular complexity index is 1260. The lowest BCUT2D eigenvalue weighted by atomic mass is 10.2. The van der Waals surface area contributed by atoms with Crippen LogP contribution in [-0.2, 0) is 12.8 Å². The normalized spacial score (nSPS) is 11.2. The fraction of sp³-hybridized carbons (Fsp3) is 0.0625. The van der Waals surface area contributed by atoms with Crippen molar-refractivity contribution in [2.75, 3.05) is 0 Å². The largest absolute Gasteiger partial charge is 0.488 e. The van der Waals surface area contributed by atoms with E-state index in [9.17, 15) is 0 Å². The van der Waals surface area contributed by atoms with E-state index in [4.69, 9.17) is 4.74 Å². The van der Waals surface area contributed by atoms with Crippen molar-refractivity contribution < 1.29 is 4.74 Å². The SMILES string of the molecule is Brc1ccc(COc2ccccc2C[P+](c2ccccc2)(c2ccccc2)c2ccccc2)cc1. The van der Waals surface area contributed by atoms with Crippen LogP contribution in [-0.4, -0.2) is 0 Å². The molecule has 5 rings (SSSR count). The maximum Gasteiger partial charge on any atom is 0.126 e. The van der Waals surface area contributed by atoms with Gasteiger partial charge in [0.05, 0.1) is 0 Å². The van der Waals surface area contributed by atoms with E-state index in [1.165, 1.54) is 21.5 Å². The number of rotatable bonds is 8. The molecule has 0 aromatic heterocycles. The van der Waals surface area contributed by atoms with E-state index in [2.05, 4.69) is 155 Å². The predicted molar refractivity (Wildman–Crippen MR) is 154 cm³/mol. The second-order valence-electron chi connectivity index (χ2n) is 8.50. The predicted octanol–water partition coefficient (Wildman–Crippen LogP) is 7.52. The van der Waals surface area contributed by atoms with Gasteiger partial charge in [-0.25, -0.2) is 0 Å². The average molecular weight is 538 g/mol. The molecule has 5 aromatic rings. The molecule has 0 fully saturated rings. The molecular weight excluding hydrogens is 511 g/mol. The molecule has 0 saturated heterocycles. The van der Waals surface area contributed by atoms with Crippen molar-refractivity contribution in [2.24, 2.45) is 0 Å². The number of benzene rings is 5. The molecule has 0 heterocycles. The van der Waals surface area contributed by atoms with Gasteiger partial charge in [-0.05, 0) is 60.2 Å². The lowest BCUT2D eigenvalue weighted by Crippen LogP contribution is -2.32. The summed E-state index contributed by atoms with van der Waals surface area (Å²) in [6.07, 6.45) is 0.890. The molecule has 0 atom stereocenters. The van der Waals surface area contributed by atoms with Gasteiger partial charge in [0, 0.05) is 10.0 Å². The molecule has 0 bridgehead atoms. The molecule has 0 aliphatic carbocycles. The Morgan fingerprint density at radius 1 is 0.514 bits per heavy atom. The molecule has 35 heavy (non-hydrogen) atoms. The fourth-order valence-corrected chi connectivity index (χ4v) is 9.06. The third-order valence-corrected chi connectivity index (χ3v) is 11.2. The summed E-state index contributed by atoms with van der Waals surface area (Å²) < 4.78 is 7.49. The third-order valence-electron chi connectivity index (χ3n) is 6.28. The van der Waals surface area contributed by atoms with E-state index in [0.29, 0.717) is 6.61 Å². The van der Waals surface area contributed by atoms with E-state index >= 15 is 0 Å². The van der Waals surface area contributed by atoms with Gasteiger partial charge in [-0.15, -0.1) is 0 Å². The van der Waals surface area contributed by atoms with E-state index in [-0.39, 0.29) is 0 Å². The zero-order valence-electron chi connectivity index (χ0n) is 19.4. The van der Waals surface area contributed by atoms with Gasteiger partial charge in [0.25, 0.3) is 0 Å². The number of hydrogen-bond acceptors (Lipinski definition) is 1. The smallest absolute Gasteiger partial charge is 0.126 e. The van der Waals surface area contributed by atoms with Crippen LogP contribution in [0.15, 0.2) is 144 Å². The number of para-hydroxylation sites is 1. The van der Waals surface area contributed by atoms with Crippen LogP contribution in [0.3, 0.4) is 0 Å². The first-order valence-electron chi connectivity index (χ1n) is 11.8. The van der Waals surface area contributed by atoms with Crippen molar-refractivity contribution in [3.8, 4) is 5.75 Å². The van der Waals surface area contributed by atoms with Crippen molar-refractivity contribution in [3.63, 3.8) is 0 Å². The van der Waals surface area contributed by atoms with Crippen molar-refractivity contribution in [3.05, 3.63) is 155 Å². The molecule has 0 unspecified atom stereocenters. The van der Waals surface area contributed by atoms with E-state index in [1.54, 1.807) is 0 Å². The summed E-state index contributed by atoms with van der Waals surface area (Å²) >= 11 is 3.52. The Balaban J connectivity index is 1.61. The molecule has 1 nitrogen and oxygen atoms in total. The maximum atomic E-state index is 6.42. The molecular formula is C32H27BrOP+. The third kappa shape index (κ3) is 5.25. The van der Waals surface area contributed by atoms with Gasteiger partial charge in [-0.2, -0.15) is 0 Å². The summed E-state index contributed by atoms with van der Waals surface area (Å²) in [4.78, 5) is 0. The van der Waals surface area contributed by atoms with Gasteiger partial charge in [-0.1, -0.05) is 101 Å². The monoisotopic (exact) mass is 537 g/mol. The first-order valence-corrected chi connectivity index (χ1v) is 14.5. The maximum absolute atomic E-state index is 6.42. The van der Waals surface area contributed by atoms with Crippen LogP contribution in [0, 0.1) is 0 Å². The molecule has 0 radical (unpaired) electrons. The summed E-state index contributed by atoms with van der Waals surface area (Å²) in [5, 5.41) is 4.13. The molecule has 0 spiro atoms. The quantitative estimate of drug-likeness (QED) is 0.186. The average Bonchev–Trinajstić information content (AvgIpc) is 2.93. The van der Waals surface area contributed by atoms with Crippen molar-refractivity contribution in [1.82, 2.24) is 0 Å². The Labute approximate surface area is 216 Å².